The quantitative estimate of drug-likeness (QED) is 0.393. The predicted octanol–water partition coefficient (Wildman–Crippen LogP) is 2.20. The minimum absolute atomic E-state index is 0.395. The third-order valence-corrected chi connectivity index (χ3v) is 5.62. The number of hydrogen-bond donors (Lipinski definition) is 0. The standard InChI is InChI=1S/C17H17N2P/c1-18-12-13-19(14-18)15-20(16-8-4-2-5-9-16)17-10-6-3-7-11-17/h2-13H,15H2,1H3. The Morgan fingerprint density at radius 3 is 1.95 bits per heavy atom. The fourth-order valence-electron chi connectivity index (χ4n) is 2.21. The molecule has 0 amide bonds. The lowest BCUT2D eigenvalue weighted by molar-refractivity contribution is -0.675. The summed E-state index contributed by atoms with van der Waals surface area (Å²) < 4.78 is 4.11. The molecule has 1 aromatic heterocycles. The summed E-state index contributed by atoms with van der Waals surface area (Å²) in [6, 6.07) is 21.5. The van der Waals surface area contributed by atoms with Gasteiger partial charge in [-0.3, -0.25) is 0 Å². The van der Waals surface area contributed by atoms with Gasteiger partial charge in [-0.15, -0.1) is 0 Å². The van der Waals surface area contributed by atoms with Crippen molar-refractivity contribution in [3.63, 3.8) is 0 Å². The van der Waals surface area contributed by atoms with Crippen LogP contribution in [0.15, 0.2) is 73.1 Å². The van der Waals surface area contributed by atoms with Gasteiger partial charge in [0.2, 0.25) is 6.33 Å². The molecule has 0 aliphatic heterocycles. The van der Waals surface area contributed by atoms with Crippen LogP contribution in [0.2, 0.25) is 0 Å². The lowest BCUT2D eigenvalue weighted by Crippen LogP contribution is -2.25. The minimum Gasteiger partial charge on any atom is -0.354 e. The molecule has 3 rings (SSSR count). The molecule has 0 fully saturated rings. The molecule has 0 aliphatic carbocycles. The molecule has 1 heterocycles. The molecule has 0 saturated heterocycles. The zero-order chi connectivity index (χ0) is 13.8. The van der Waals surface area contributed by atoms with Gasteiger partial charge in [-0.1, -0.05) is 60.7 Å². The summed E-state index contributed by atoms with van der Waals surface area (Å²) in [6.45, 7) is 0. The molecule has 3 heteroatoms. The van der Waals surface area contributed by atoms with Gasteiger partial charge in [0.15, 0.2) is 0 Å². The molecule has 3 aromatic rings. The summed E-state index contributed by atoms with van der Waals surface area (Å²) >= 11 is 0. The van der Waals surface area contributed by atoms with Gasteiger partial charge < -0.3 is 9.13 Å². The highest BCUT2D eigenvalue weighted by Gasteiger charge is 2.14. The van der Waals surface area contributed by atoms with E-state index in [4.69, 9.17) is 0 Å². The van der Waals surface area contributed by atoms with E-state index in [1.54, 1.807) is 0 Å². The van der Waals surface area contributed by atoms with Gasteiger partial charge in [0.25, 0.3) is 0 Å². The summed E-state index contributed by atoms with van der Waals surface area (Å²) in [5.74, 6) is 0. The second-order valence-corrected chi connectivity index (χ2v) is 6.89. The van der Waals surface area contributed by atoms with E-state index in [0.717, 1.165) is 6.29 Å². The Morgan fingerprint density at radius 1 is 0.950 bits per heavy atom. The molecule has 100 valence electrons. The summed E-state index contributed by atoms with van der Waals surface area (Å²) in [5.41, 5.74) is 0. The fraction of sp³-hybridized carbons (Fsp3) is 0.118. The molecule has 0 unspecified atom stereocenters. The third-order valence-electron chi connectivity index (χ3n) is 3.19. The van der Waals surface area contributed by atoms with E-state index in [9.17, 15) is 0 Å². The Balaban J connectivity index is 1.96. The zero-order valence-electron chi connectivity index (χ0n) is 11.5. The Labute approximate surface area is 121 Å². The van der Waals surface area contributed by atoms with Crippen LogP contribution in [0.4, 0.5) is 0 Å². The van der Waals surface area contributed by atoms with Crippen molar-refractivity contribution in [3.8, 4) is 0 Å². The highest BCUT2D eigenvalue weighted by atomic mass is 31.1. The molecule has 2 aromatic carbocycles. The number of imidazole rings is 1. The van der Waals surface area contributed by atoms with Crippen molar-refractivity contribution < 1.29 is 4.57 Å². The molecular formula is C17H17N2P. The van der Waals surface area contributed by atoms with Gasteiger partial charge in [0.1, 0.15) is 0 Å². The Morgan fingerprint density at radius 2 is 1.50 bits per heavy atom. The molecule has 2 nitrogen and oxygen atoms in total. The van der Waals surface area contributed by atoms with Crippen LogP contribution in [0.5, 0.6) is 0 Å². The first kappa shape index (κ1) is 13.1. The minimum atomic E-state index is -0.395. The van der Waals surface area contributed by atoms with Gasteiger partial charge >= 0.3 is 0 Å². The number of aryl methyl sites for hydroxylation is 1. The number of aromatic nitrogens is 2. The molecule has 20 heavy (non-hydrogen) atoms. The van der Waals surface area contributed by atoms with Crippen LogP contribution in [0.25, 0.3) is 0 Å². The van der Waals surface area contributed by atoms with E-state index in [1.807, 2.05) is 17.8 Å². The molecule has 0 atom stereocenters. The maximum Gasteiger partial charge on any atom is 0.204 e. The predicted molar refractivity (Wildman–Crippen MR) is 83.5 cm³/mol. The molecule has 0 bridgehead atoms. The van der Waals surface area contributed by atoms with E-state index in [1.165, 1.54) is 10.6 Å². The van der Waals surface area contributed by atoms with Crippen LogP contribution in [-0.4, -0.2) is 4.57 Å². The second kappa shape index (κ2) is 6.02. The van der Waals surface area contributed by atoms with Gasteiger partial charge in [0, 0.05) is 0 Å². The van der Waals surface area contributed by atoms with Crippen LogP contribution in [-0.2, 0) is 13.3 Å². The van der Waals surface area contributed by atoms with E-state index in [2.05, 4.69) is 77.8 Å². The Kier molecular flexibility index (Phi) is 3.94. The summed E-state index contributed by atoms with van der Waals surface area (Å²) in [7, 11) is 1.61. The van der Waals surface area contributed by atoms with Gasteiger partial charge in [-0.2, -0.15) is 0 Å². The smallest absolute Gasteiger partial charge is 0.204 e. The lowest BCUT2D eigenvalue weighted by atomic mass is 10.4. The van der Waals surface area contributed by atoms with Crippen LogP contribution in [0.3, 0.4) is 0 Å². The molecule has 0 saturated carbocycles. The highest BCUT2D eigenvalue weighted by molar-refractivity contribution is 7.72. The van der Waals surface area contributed by atoms with E-state index < -0.39 is 7.92 Å². The van der Waals surface area contributed by atoms with E-state index in [-0.39, 0.29) is 0 Å². The van der Waals surface area contributed by atoms with Crippen LogP contribution in [0.1, 0.15) is 0 Å². The first-order valence-electron chi connectivity index (χ1n) is 6.65. The summed E-state index contributed by atoms with van der Waals surface area (Å²) in [5, 5.41) is 2.80. The molecule has 0 radical (unpaired) electrons. The Hall–Kier alpha value is -1.92. The van der Waals surface area contributed by atoms with Crippen molar-refractivity contribution in [2.24, 2.45) is 7.05 Å². The van der Waals surface area contributed by atoms with Crippen molar-refractivity contribution >= 4 is 18.5 Å². The average molecular weight is 280 g/mol. The fourth-order valence-corrected chi connectivity index (χ4v) is 4.36. The zero-order valence-corrected chi connectivity index (χ0v) is 12.4. The van der Waals surface area contributed by atoms with Crippen molar-refractivity contribution in [3.05, 3.63) is 79.4 Å². The first-order chi connectivity index (χ1) is 9.83. The number of nitrogens with zero attached hydrogens (tertiary/aromatic N) is 2. The number of hydrogen-bond acceptors (Lipinski definition) is 0. The van der Waals surface area contributed by atoms with Crippen molar-refractivity contribution in [2.45, 2.75) is 6.29 Å². The topological polar surface area (TPSA) is 8.81 Å². The second-order valence-electron chi connectivity index (χ2n) is 4.72. The monoisotopic (exact) mass is 280 g/mol. The largest absolute Gasteiger partial charge is 0.354 e. The Bertz CT molecular complexity index is 622. The molecule has 0 aliphatic rings. The van der Waals surface area contributed by atoms with Crippen LogP contribution >= 0.6 is 7.92 Å². The maximum atomic E-state index is 3.30. The van der Waals surface area contributed by atoms with Gasteiger partial charge in [-0.25, -0.2) is 0 Å². The molecule has 0 N–H and O–H groups in total. The van der Waals surface area contributed by atoms with E-state index >= 15 is 0 Å². The third kappa shape index (κ3) is 2.97. The SMILES string of the molecule is C[n+]1[c-]n(CP(c2ccccc2)c2ccccc2)cc1. The summed E-state index contributed by atoms with van der Waals surface area (Å²) in [6.07, 6.45) is 8.37. The van der Waals surface area contributed by atoms with Crippen molar-refractivity contribution in [2.75, 3.05) is 0 Å². The average Bonchev–Trinajstić information content (AvgIpc) is 2.92. The van der Waals surface area contributed by atoms with Crippen LogP contribution < -0.4 is 15.2 Å². The van der Waals surface area contributed by atoms with Crippen molar-refractivity contribution in [1.29, 1.82) is 0 Å². The first-order valence-corrected chi connectivity index (χ1v) is 8.17. The van der Waals surface area contributed by atoms with Crippen LogP contribution in [0, 0.1) is 6.33 Å². The molecular weight excluding hydrogens is 263 g/mol. The summed E-state index contributed by atoms with van der Waals surface area (Å²) in [4.78, 5) is 0. The van der Waals surface area contributed by atoms with E-state index in [0.29, 0.717) is 0 Å². The van der Waals surface area contributed by atoms with Crippen molar-refractivity contribution in [1.82, 2.24) is 4.57 Å². The molecule has 0 spiro atoms. The lowest BCUT2D eigenvalue weighted by Gasteiger charge is -2.18. The van der Waals surface area contributed by atoms with Gasteiger partial charge in [-0.05, 0) is 30.9 Å². The highest BCUT2D eigenvalue weighted by Crippen LogP contribution is 2.34. The van der Waals surface area contributed by atoms with Gasteiger partial charge in [0.05, 0.1) is 13.3 Å². The number of rotatable bonds is 4. The number of benzene rings is 2. The maximum absolute atomic E-state index is 3.30. The normalized spacial score (nSPS) is 10.9.